The van der Waals surface area contributed by atoms with Crippen molar-refractivity contribution >= 4 is 102 Å². The third-order valence-electron chi connectivity index (χ3n) is 23.7. The second-order valence-electron chi connectivity index (χ2n) is 31.7. The Balaban J connectivity index is 0.000000669. The summed E-state index contributed by atoms with van der Waals surface area (Å²) in [7, 11) is -11.2. The van der Waals surface area contributed by atoms with Gasteiger partial charge in [0.2, 0.25) is 41.4 Å². The number of carbonyl (C=O) groups is 7. The van der Waals surface area contributed by atoms with Crippen LogP contribution >= 0.6 is 15.6 Å². The zero-order valence-electron chi connectivity index (χ0n) is 64.5. The van der Waals surface area contributed by atoms with Crippen molar-refractivity contribution in [3.8, 4) is 0 Å². The van der Waals surface area contributed by atoms with Crippen molar-refractivity contribution in [1.29, 1.82) is 0 Å². The Morgan fingerprint density at radius 3 is 1.91 bits per heavy atom. The number of aliphatic imine (C=N–C) groups is 3. The van der Waals surface area contributed by atoms with Crippen molar-refractivity contribution in [3.63, 3.8) is 0 Å². The van der Waals surface area contributed by atoms with E-state index >= 15 is 0 Å². The molecule has 1 unspecified atom stereocenters. The minimum Gasteiger partial charge on any atom is -0.790 e. The number of aryl methyl sites for hydroxylation is 2. The first-order chi connectivity index (χ1) is 52.1. The Hall–Kier alpha value is -8.11. The molecule has 41 heteroatoms. The number of phosphoric ester groups is 2. The van der Waals surface area contributed by atoms with Crippen LogP contribution in [0.5, 0.6) is 0 Å². The van der Waals surface area contributed by atoms with E-state index < -0.39 is 182 Å². The Bertz CT molecular complexity index is 4730. The molecule has 10 heterocycles. The van der Waals surface area contributed by atoms with Crippen LogP contribution in [0.25, 0.3) is 27.5 Å². The van der Waals surface area contributed by atoms with Gasteiger partial charge in [0.25, 0.3) is 7.82 Å². The Morgan fingerprint density at radius 2 is 1.32 bits per heavy atom. The Morgan fingerprint density at radius 1 is 0.717 bits per heavy atom. The summed E-state index contributed by atoms with van der Waals surface area (Å²) in [6.45, 7) is 21.7. The molecule has 7 amide bonds. The molecular weight excluding hydrogens is 1560 g/mol. The molecule has 113 heavy (non-hydrogen) atoms. The van der Waals surface area contributed by atoms with Gasteiger partial charge in [-0.3, -0.25) is 57.7 Å². The number of allylic oxidation sites excluding steroid dienone is 6. The van der Waals surface area contributed by atoms with Crippen molar-refractivity contribution in [2.75, 3.05) is 18.9 Å². The maximum atomic E-state index is 14.4. The normalized spacial score (nSPS) is 33.0. The number of ether oxygens (including phenoxy) is 2. The predicted octanol–water partition coefficient (Wildman–Crippen LogP) is 1.03. The number of anilines is 1. The molecule has 38 nitrogen and oxygen atoms in total. The number of carbonyl (C=O) groups excluding carboxylic acids is 7. The van der Waals surface area contributed by atoms with Gasteiger partial charge in [0.05, 0.1) is 61.6 Å². The summed E-state index contributed by atoms with van der Waals surface area (Å²) < 4.78 is 54.7. The molecule has 0 spiro atoms. The number of rotatable bonds is 29. The molecule has 0 saturated carbocycles. The van der Waals surface area contributed by atoms with Gasteiger partial charge in [-0.25, -0.2) is 19.9 Å². The number of primary amides is 6. The number of amides is 7. The second-order valence-corrected chi connectivity index (χ2v) is 34.1. The molecule has 0 aliphatic carbocycles. The average Bonchev–Trinajstić information content (AvgIpc) is 1.52. The molecule has 18 N–H and O–H groups in total. The van der Waals surface area contributed by atoms with Crippen molar-refractivity contribution < 1.29 is 113 Å². The number of aromatic nitrogens is 6. The van der Waals surface area contributed by atoms with Crippen LogP contribution in [-0.2, 0) is 82.5 Å². The number of nitrogens with zero attached hydrogens (tertiary/aromatic N) is 10. The van der Waals surface area contributed by atoms with E-state index in [2.05, 4.69) is 36.7 Å². The van der Waals surface area contributed by atoms with Crippen LogP contribution in [0.3, 0.4) is 0 Å². The summed E-state index contributed by atoms with van der Waals surface area (Å²) in [6, 6.07) is 2.44. The van der Waals surface area contributed by atoms with Gasteiger partial charge in [0, 0.05) is 125 Å². The monoisotopic (exact) mass is 1660 g/mol. The zero-order chi connectivity index (χ0) is 82.8. The molecule has 621 valence electrons. The number of hydrogen-bond acceptors (Lipinski definition) is 28. The number of nitrogens with one attached hydrogen (secondary N) is 1. The molecular formula is C72H99CoN18O20P2-5. The van der Waals surface area contributed by atoms with Gasteiger partial charge in [-0.15, -0.1) is 0 Å². The van der Waals surface area contributed by atoms with Gasteiger partial charge >= 0.3 is 0 Å². The van der Waals surface area contributed by atoms with Gasteiger partial charge < -0.3 is 120 Å². The number of imidazole rings is 2. The number of hydrogen-bond donors (Lipinski definition) is 11. The van der Waals surface area contributed by atoms with E-state index in [4.69, 9.17) is 79.0 Å². The summed E-state index contributed by atoms with van der Waals surface area (Å²) >= 11 is 0. The molecule has 1 aromatic carbocycles. The van der Waals surface area contributed by atoms with E-state index in [1.807, 2.05) is 41.5 Å². The van der Waals surface area contributed by atoms with Gasteiger partial charge in [-0.05, 0) is 125 Å². The standard InChI is InChI=1S/C62H91N13O17P2.C10H12N5O3.Co/c1-29-20-39-40(21-30(29)2)75(28-70-39)57-52(83)53(41(90-57)27-89-93(84,85)86)92-94(87,88)91-31(3)26-69-49(82)18-19-59(8)37(22-46(66)79)56-62(11)61(10,25-48(68)81)36(14-17-45(65)78)51(74-62)33(5)55-60(9,24-47(67)80)34(12-15-43(63)76)38(71-55)23-42-58(6,7)35(13-16-44(64)77)50(72-42)32(4)54(59)73-56;1-4-6(16)7(17)10(18-4)15-3-14-5-8(11)12-2-13-9(5)15;/h20-21,23,28,31,34-37,41,52-53,56-57,83H,12-19,22,24-27H2,1-11H3,(H17,63,64,65,66,67,68,69,71,72,73,74,76,77,78,79,80,81,82,84,85,86,87,88);2-4,6-7,10,16-17H,1H2,(H2,11,12,13);/q;-1;/p-4/t31-,34-,35-,36-,37+,41-,52-,53-,56-,57+,59-,60+,61+,62+;4-,6-,7-,10-;/m11./s1. The van der Waals surface area contributed by atoms with E-state index in [1.165, 1.54) is 35.0 Å². The fourth-order valence-corrected chi connectivity index (χ4v) is 18.9. The van der Waals surface area contributed by atoms with Crippen LogP contribution in [0.1, 0.15) is 157 Å². The van der Waals surface area contributed by atoms with E-state index in [0.29, 0.717) is 67.6 Å². The quantitative estimate of drug-likeness (QED) is 0.0267. The first-order valence-corrected chi connectivity index (χ1v) is 39.5. The summed E-state index contributed by atoms with van der Waals surface area (Å²) in [5, 5.41) is 39.4. The topological polar surface area (TPSA) is 636 Å². The predicted molar refractivity (Wildman–Crippen MR) is 399 cm³/mol. The maximum absolute atomic E-state index is 14.4. The van der Waals surface area contributed by atoms with Crippen LogP contribution in [0.4, 0.5) is 5.82 Å². The third kappa shape index (κ3) is 17.8. The minimum atomic E-state index is -5.66. The van der Waals surface area contributed by atoms with Crippen molar-refractivity contribution in [2.45, 2.75) is 214 Å². The Labute approximate surface area is 661 Å². The van der Waals surface area contributed by atoms with E-state index in [1.54, 1.807) is 45.9 Å². The molecule has 11 rings (SSSR count). The summed E-state index contributed by atoms with van der Waals surface area (Å²) in [6.07, 6.45) is -7.43. The Kier molecular flexibility index (Phi) is 26.4. The fourth-order valence-electron chi connectivity index (χ4n) is 17.5. The maximum Gasteiger partial charge on any atom is 0.268 e. The number of nitrogen functional groups attached to an aromatic ring is 1. The molecule has 3 fully saturated rings. The summed E-state index contributed by atoms with van der Waals surface area (Å²) in [5.41, 5.74) is 42.3. The van der Waals surface area contributed by atoms with Gasteiger partial charge in [-0.1, -0.05) is 40.7 Å². The third-order valence-corrected chi connectivity index (χ3v) is 25.3. The van der Waals surface area contributed by atoms with Crippen LogP contribution in [0, 0.1) is 66.1 Å². The van der Waals surface area contributed by atoms with Gasteiger partial charge in [0.15, 0.2) is 23.9 Å². The number of phosphoric acid groups is 2. The van der Waals surface area contributed by atoms with Gasteiger partial charge in [-0.2, -0.15) is 5.70 Å². The molecule has 7 aliphatic heterocycles. The number of fused-ring (bicyclic) bond motifs is 8. The largest absolute Gasteiger partial charge is 0.790 e. The number of nitrogens with two attached hydrogens (primary N) is 7. The first kappa shape index (κ1) is 88.8. The van der Waals surface area contributed by atoms with Crippen molar-refractivity contribution in [1.82, 2.24) is 34.4 Å². The number of benzene rings is 1. The van der Waals surface area contributed by atoms with Crippen LogP contribution in [0.2, 0.25) is 0 Å². The fraction of sp³-hybridized carbons (Fsp3) is 0.597. The van der Waals surface area contributed by atoms with Crippen molar-refractivity contribution in [3.05, 3.63) is 88.8 Å². The zero-order valence-corrected chi connectivity index (χ0v) is 67.3. The minimum absolute atomic E-state index is 0. The van der Waals surface area contributed by atoms with E-state index in [0.717, 1.165) is 11.1 Å². The van der Waals surface area contributed by atoms with E-state index in [-0.39, 0.29) is 93.2 Å². The molecule has 3 aromatic heterocycles. The smallest absolute Gasteiger partial charge is 0.268 e. The number of aliphatic hydroxyl groups excluding tert-OH is 3. The SMILES string of the molecule is C/C1=C2/[N-][C@H]([C@H](CC(N)=O)[C@@]2(C)CCC(=O)NC[C@@H](C)OP(=O)([O-])O[C@H]2[C@@H](O)[C@@H](n3cnc4cc(C)c(C)cc43)O[C@@H]2COP(=O)([O-])[O-])[C@]2(C)N=C(/C(C)=C3N=C(/C=C4N=C1[C@@H](CCC(N)=O)C\4(C)C)[C@@H](CCC(N)=O)[C@]\3(C)CC(N)=O)[C@@H](CCC(N)=O)[C@]2(C)CC(N)=O.[CH2-][C@H]1O[C@@H](n2cnc3c(N)ncnc32)[C@H](O)[C@@H]1O.[Co]. The summed E-state index contributed by atoms with van der Waals surface area (Å²) in [5.74, 6) is -7.49. The van der Waals surface area contributed by atoms with Crippen LogP contribution in [-0.4, -0.2) is 170 Å². The first-order valence-electron chi connectivity index (χ1n) is 36.6. The molecule has 8 bridgehead atoms. The van der Waals surface area contributed by atoms with Crippen LogP contribution < -0.4 is 60.1 Å². The number of aliphatic hydroxyl groups is 3. The second kappa shape index (κ2) is 33.6. The van der Waals surface area contributed by atoms with Gasteiger partial charge in [0.1, 0.15) is 36.3 Å². The molecule has 19 atom stereocenters. The molecule has 4 aromatic rings. The molecule has 1 radical (unpaired) electrons. The molecule has 3 saturated heterocycles. The molecule has 7 aliphatic rings. The van der Waals surface area contributed by atoms with Crippen molar-refractivity contribution in [2.24, 2.45) is 94.7 Å². The average molecular weight is 1660 g/mol. The summed E-state index contributed by atoms with van der Waals surface area (Å²) in [4.78, 5) is 163. The van der Waals surface area contributed by atoms with Crippen LogP contribution in [0.15, 0.2) is 80.4 Å². The van der Waals surface area contributed by atoms with E-state index in [9.17, 15) is 72.7 Å².